The predicted octanol–water partition coefficient (Wildman–Crippen LogP) is 4.63. The van der Waals surface area contributed by atoms with E-state index in [0.29, 0.717) is 35.1 Å². The van der Waals surface area contributed by atoms with Gasteiger partial charge < -0.3 is 14.6 Å². The van der Waals surface area contributed by atoms with Crippen molar-refractivity contribution in [3.8, 4) is 17.2 Å². The minimum Gasteiger partial charge on any atom is -0.508 e. The molecule has 31 heavy (non-hydrogen) atoms. The third-order valence-corrected chi connectivity index (χ3v) is 4.81. The van der Waals surface area contributed by atoms with Crippen LogP contribution in [0.25, 0.3) is 6.08 Å². The molecule has 0 spiro atoms. The van der Waals surface area contributed by atoms with Crippen LogP contribution in [0.15, 0.2) is 83.5 Å². The first-order valence-corrected chi connectivity index (χ1v) is 9.91. The van der Waals surface area contributed by atoms with Crippen LogP contribution in [0.1, 0.15) is 18.1 Å². The van der Waals surface area contributed by atoms with Gasteiger partial charge in [-0.3, -0.25) is 9.69 Å². The van der Waals surface area contributed by atoms with Crippen LogP contribution in [-0.4, -0.2) is 30.6 Å². The summed E-state index contributed by atoms with van der Waals surface area (Å²) in [4.78, 5) is 19.6. The Hall–Kier alpha value is -4.06. The van der Waals surface area contributed by atoms with Crippen molar-refractivity contribution in [1.82, 2.24) is 0 Å². The molecule has 0 atom stereocenters. The maximum atomic E-state index is 13.4. The molecule has 1 heterocycles. The molecule has 156 valence electrons. The number of amidine groups is 1. The summed E-state index contributed by atoms with van der Waals surface area (Å²) in [5.74, 6) is 1.70. The van der Waals surface area contributed by atoms with Crippen LogP contribution in [0.2, 0.25) is 0 Å². The second-order valence-corrected chi connectivity index (χ2v) is 6.82. The molecule has 3 aromatic rings. The highest BCUT2D eigenvalue weighted by atomic mass is 16.5. The highest BCUT2D eigenvalue weighted by molar-refractivity contribution is 6.33. The van der Waals surface area contributed by atoms with Crippen LogP contribution in [0.5, 0.6) is 17.2 Å². The van der Waals surface area contributed by atoms with Crippen LogP contribution in [0.4, 0.5) is 5.69 Å². The molecule has 0 aromatic heterocycles. The van der Waals surface area contributed by atoms with Crippen molar-refractivity contribution in [2.45, 2.75) is 6.92 Å². The monoisotopic (exact) mass is 414 g/mol. The zero-order chi connectivity index (χ0) is 21.8. The number of anilines is 1. The number of nitrogens with zero attached hydrogens (tertiary/aromatic N) is 2. The summed E-state index contributed by atoms with van der Waals surface area (Å²) >= 11 is 0. The van der Waals surface area contributed by atoms with Crippen molar-refractivity contribution in [2.24, 2.45) is 4.99 Å². The van der Waals surface area contributed by atoms with E-state index < -0.39 is 0 Å². The maximum Gasteiger partial charge on any atom is 0.282 e. The van der Waals surface area contributed by atoms with Crippen molar-refractivity contribution >= 4 is 23.5 Å². The number of phenols is 1. The Bertz CT molecular complexity index is 1150. The number of aromatic hydroxyl groups is 1. The van der Waals surface area contributed by atoms with Gasteiger partial charge in [-0.25, -0.2) is 4.99 Å². The average molecular weight is 414 g/mol. The topological polar surface area (TPSA) is 71.4 Å². The first-order valence-electron chi connectivity index (χ1n) is 9.91. The number of rotatable bonds is 6. The van der Waals surface area contributed by atoms with Crippen molar-refractivity contribution in [1.29, 1.82) is 0 Å². The van der Waals surface area contributed by atoms with Crippen LogP contribution < -0.4 is 14.4 Å². The molecular formula is C25H22N2O4. The van der Waals surface area contributed by atoms with Crippen LogP contribution in [0.3, 0.4) is 0 Å². The van der Waals surface area contributed by atoms with Gasteiger partial charge in [0.1, 0.15) is 22.9 Å². The molecule has 6 heteroatoms. The number of amides is 1. The van der Waals surface area contributed by atoms with Gasteiger partial charge in [0.05, 0.1) is 25.0 Å². The molecule has 1 aliphatic rings. The Morgan fingerprint density at radius 3 is 2.39 bits per heavy atom. The van der Waals surface area contributed by atoms with E-state index in [1.54, 1.807) is 25.3 Å². The summed E-state index contributed by atoms with van der Waals surface area (Å²) in [7, 11) is 1.58. The normalized spacial score (nSPS) is 14.6. The molecule has 6 nitrogen and oxygen atoms in total. The molecule has 0 aliphatic carbocycles. The largest absolute Gasteiger partial charge is 0.508 e. The Kier molecular flexibility index (Phi) is 5.71. The first-order chi connectivity index (χ1) is 15.1. The highest BCUT2D eigenvalue weighted by Gasteiger charge is 2.33. The van der Waals surface area contributed by atoms with Gasteiger partial charge in [0, 0.05) is 0 Å². The Labute approximate surface area is 180 Å². The SMILES string of the molecule is CCOc1ccc(/C=C2\N=C(c3ccccc3OC)N(c3ccc(O)cc3)C2=O)cc1. The Balaban J connectivity index is 1.79. The Morgan fingerprint density at radius 1 is 1.00 bits per heavy atom. The fourth-order valence-electron chi connectivity index (χ4n) is 3.35. The van der Waals surface area contributed by atoms with Gasteiger partial charge in [-0.1, -0.05) is 24.3 Å². The van der Waals surface area contributed by atoms with E-state index in [0.717, 1.165) is 11.3 Å². The summed E-state index contributed by atoms with van der Waals surface area (Å²) in [6.07, 6.45) is 1.74. The van der Waals surface area contributed by atoms with Crippen molar-refractivity contribution in [2.75, 3.05) is 18.6 Å². The molecule has 0 unspecified atom stereocenters. The van der Waals surface area contributed by atoms with Crippen LogP contribution in [0, 0.1) is 0 Å². The molecule has 4 rings (SSSR count). The molecule has 1 amide bonds. The number of carbonyl (C=O) groups excluding carboxylic acids is 1. The predicted molar refractivity (Wildman–Crippen MR) is 121 cm³/mol. The third kappa shape index (κ3) is 4.14. The highest BCUT2D eigenvalue weighted by Crippen LogP contribution is 2.32. The summed E-state index contributed by atoms with van der Waals surface area (Å²) in [5, 5.41) is 9.66. The number of ether oxygens (including phenoxy) is 2. The molecule has 0 radical (unpaired) electrons. The molecule has 0 saturated heterocycles. The van der Waals surface area contributed by atoms with Crippen molar-refractivity contribution in [3.63, 3.8) is 0 Å². The fourth-order valence-corrected chi connectivity index (χ4v) is 3.35. The van der Waals surface area contributed by atoms with Gasteiger partial charge in [0.2, 0.25) is 0 Å². The van der Waals surface area contributed by atoms with Gasteiger partial charge in [0.25, 0.3) is 5.91 Å². The lowest BCUT2D eigenvalue weighted by atomic mass is 10.1. The van der Waals surface area contributed by atoms with Gasteiger partial charge in [-0.2, -0.15) is 0 Å². The number of hydrogen-bond donors (Lipinski definition) is 1. The average Bonchev–Trinajstić information content (AvgIpc) is 3.11. The van der Waals surface area contributed by atoms with Gasteiger partial charge in [-0.15, -0.1) is 0 Å². The molecule has 1 N–H and O–H groups in total. The van der Waals surface area contributed by atoms with Gasteiger partial charge in [-0.05, 0) is 67.1 Å². The van der Waals surface area contributed by atoms with Crippen LogP contribution in [-0.2, 0) is 4.79 Å². The minimum absolute atomic E-state index is 0.122. The van der Waals surface area contributed by atoms with E-state index >= 15 is 0 Å². The third-order valence-electron chi connectivity index (χ3n) is 4.81. The number of carbonyl (C=O) groups is 1. The molecule has 0 saturated carbocycles. The number of phenolic OH excluding ortho intramolecular Hbond substituents is 1. The maximum absolute atomic E-state index is 13.4. The van der Waals surface area contributed by atoms with Gasteiger partial charge >= 0.3 is 0 Å². The van der Waals surface area contributed by atoms with E-state index in [9.17, 15) is 9.90 Å². The molecule has 0 fully saturated rings. The number of aliphatic imine (C=N–C) groups is 1. The smallest absolute Gasteiger partial charge is 0.282 e. The summed E-state index contributed by atoms with van der Waals surface area (Å²) in [6, 6.07) is 21.3. The van der Waals surface area contributed by atoms with E-state index in [1.165, 1.54) is 17.0 Å². The van der Waals surface area contributed by atoms with Gasteiger partial charge in [0.15, 0.2) is 5.84 Å². The van der Waals surface area contributed by atoms with Crippen molar-refractivity contribution < 1.29 is 19.4 Å². The Morgan fingerprint density at radius 2 is 1.71 bits per heavy atom. The second kappa shape index (κ2) is 8.75. The summed E-state index contributed by atoms with van der Waals surface area (Å²) < 4.78 is 11.0. The fraction of sp³-hybridized carbons (Fsp3) is 0.120. The number of benzene rings is 3. The zero-order valence-electron chi connectivity index (χ0n) is 17.3. The second-order valence-electron chi connectivity index (χ2n) is 6.82. The number of hydrogen-bond acceptors (Lipinski definition) is 5. The van der Waals surface area contributed by atoms with E-state index in [4.69, 9.17) is 9.47 Å². The number of methoxy groups -OCH3 is 1. The lowest BCUT2D eigenvalue weighted by Crippen LogP contribution is -2.32. The number of para-hydroxylation sites is 1. The van der Waals surface area contributed by atoms with Crippen LogP contribution >= 0.6 is 0 Å². The lowest BCUT2D eigenvalue weighted by Gasteiger charge is -2.19. The molecular weight excluding hydrogens is 392 g/mol. The van der Waals surface area contributed by atoms with E-state index in [-0.39, 0.29) is 11.7 Å². The quantitative estimate of drug-likeness (QED) is 0.597. The lowest BCUT2D eigenvalue weighted by molar-refractivity contribution is -0.113. The molecule has 3 aromatic carbocycles. The standard InChI is InChI=1S/C25H22N2O4/c1-3-31-20-14-8-17(9-15-20)16-22-25(29)27(18-10-12-19(28)13-11-18)24(26-22)21-6-4-5-7-23(21)30-2/h4-16,28H,3H2,1-2H3/b22-16-. The first kappa shape index (κ1) is 20.2. The molecule has 1 aliphatic heterocycles. The summed E-state index contributed by atoms with van der Waals surface area (Å²) in [6.45, 7) is 2.52. The minimum atomic E-state index is -0.263. The van der Waals surface area contributed by atoms with E-state index in [2.05, 4.69) is 4.99 Å². The van der Waals surface area contributed by atoms with Crippen molar-refractivity contribution in [3.05, 3.63) is 89.6 Å². The zero-order valence-corrected chi connectivity index (χ0v) is 17.3. The summed E-state index contributed by atoms with van der Waals surface area (Å²) in [5.41, 5.74) is 2.43. The van der Waals surface area contributed by atoms with E-state index in [1.807, 2.05) is 55.5 Å². The molecule has 0 bridgehead atoms.